The number of hydrogen-bond donors (Lipinski definition) is 1. The third-order valence-electron chi connectivity index (χ3n) is 4.58. The van der Waals surface area contributed by atoms with Gasteiger partial charge in [-0.1, -0.05) is 24.3 Å². The van der Waals surface area contributed by atoms with E-state index in [1.54, 1.807) is 11.0 Å². The number of anilines is 1. The van der Waals surface area contributed by atoms with Crippen LogP contribution in [0.15, 0.2) is 59.8 Å². The van der Waals surface area contributed by atoms with Gasteiger partial charge in [0.15, 0.2) is 0 Å². The molecule has 1 aromatic carbocycles. The van der Waals surface area contributed by atoms with Crippen molar-refractivity contribution < 1.29 is 4.79 Å². The van der Waals surface area contributed by atoms with Crippen molar-refractivity contribution in [3.05, 3.63) is 70.9 Å². The van der Waals surface area contributed by atoms with Gasteiger partial charge in [-0.05, 0) is 6.07 Å². The number of carbonyl (C=O) groups is 1. The highest BCUT2D eigenvalue weighted by atomic mass is 16.2. The number of aromatic nitrogens is 2. The molecule has 3 aromatic rings. The van der Waals surface area contributed by atoms with E-state index in [1.165, 1.54) is 17.6 Å². The normalized spacial score (nSPS) is 14.7. The minimum atomic E-state index is -0.258. The maximum Gasteiger partial charge on any atom is 0.254 e. The van der Waals surface area contributed by atoms with Crippen LogP contribution in [0.4, 0.5) is 5.69 Å². The molecule has 1 amide bonds. The molecule has 1 saturated heterocycles. The maximum atomic E-state index is 12.5. The molecule has 1 fully saturated rings. The van der Waals surface area contributed by atoms with E-state index in [0.29, 0.717) is 18.7 Å². The molecule has 4 rings (SSSR count). The van der Waals surface area contributed by atoms with Crippen LogP contribution in [0.1, 0.15) is 10.4 Å². The molecule has 0 radical (unpaired) electrons. The summed E-state index contributed by atoms with van der Waals surface area (Å²) in [4.78, 5) is 34.9. The molecule has 1 N–H and O–H groups in total. The number of amides is 1. The third kappa shape index (κ3) is 2.98. The molecule has 0 unspecified atom stereocenters. The van der Waals surface area contributed by atoms with Crippen molar-refractivity contribution >= 4 is 22.4 Å². The molecule has 0 saturated carbocycles. The van der Waals surface area contributed by atoms with Crippen LogP contribution in [0, 0.1) is 0 Å². The SMILES string of the molecule is O=C(c1cc[nH]c(=O)c1)N1CCN(c2cncc3ccccc23)CC1. The minimum absolute atomic E-state index is 0.0956. The standard InChI is InChI=1S/C19H18N4O2/c24-18-11-14(5-6-21-18)19(25)23-9-7-22(8-10-23)17-13-20-12-15-3-1-2-4-16(15)17/h1-6,11-13H,7-10H2,(H,21,24). The fourth-order valence-corrected chi connectivity index (χ4v) is 3.26. The first kappa shape index (κ1) is 15.4. The van der Waals surface area contributed by atoms with E-state index >= 15 is 0 Å². The lowest BCUT2D eigenvalue weighted by molar-refractivity contribution is 0.0746. The number of benzene rings is 1. The number of aromatic amines is 1. The van der Waals surface area contributed by atoms with Crippen LogP contribution < -0.4 is 10.5 Å². The lowest BCUT2D eigenvalue weighted by Crippen LogP contribution is -2.49. The van der Waals surface area contributed by atoms with Crippen LogP contribution in [0.3, 0.4) is 0 Å². The molecule has 0 spiro atoms. The van der Waals surface area contributed by atoms with Gasteiger partial charge in [-0.3, -0.25) is 14.6 Å². The number of hydrogen-bond acceptors (Lipinski definition) is 4. The number of rotatable bonds is 2. The molecule has 1 aliphatic heterocycles. The quantitative estimate of drug-likeness (QED) is 0.777. The number of H-pyrrole nitrogens is 1. The summed E-state index contributed by atoms with van der Waals surface area (Å²) in [6.07, 6.45) is 5.26. The second kappa shape index (κ2) is 6.39. The number of fused-ring (bicyclic) bond motifs is 1. The van der Waals surface area contributed by atoms with Gasteiger partial charge in [0.2, 0.25) is 5.56 Å². The molecule has 6 heteroatoms. The summed E-state index contributed by atoms with van der Waals surface area (Å²) in [6.45, 7) is 2.72. The van der Waals surface area contributed by atoms with Crippen LogP contribution in [-0.2, 0) is 0 Å². The van der Waals surface area contributed by atoms with Crippen molar-refractivity contribution in [2.24, 2.45) is 0 Å². The summed E-state index contributed by atoms with van der Waals surface area (Å²) in [6, 6.07) is 11.2. The van der Waals surface area contributed by atoms with Crippen LogP contribution in [0.2, 0.25) is 0 Å². The molecular formula is C19H18N4O2. The lowest BCUT2D eigenvalue weighted by Gasteiger charge is -2.36. The average Bonchev–Trinajstić information content (AvgIpc) is 2.67. The van der Waals surface area contributed by atoms with Crippen LogP contribution in [-0.4, -0.2) is 47.0 Å². The van der Waals surface area contributed by atoms with Crippen molar-refractivity contribution in [1.82, 2.24) is 14.9 Å². The van der Waals surface area contributed by atoms with Gasteiger partial charge in [0.25, 0.3) is 5.91 Å². The minimum Gasteiger partial charge on any atom is -0.366 e. The molecule has 2 aromatic heterocycles. The second-order valence-electron chi connectivity index (χ2n) is 6.10. The van der Waals surface area contributed by atoms with E-state index in [1.807, 2.05) is 24.5 Å². The number of pyridine rings is 2. The fourth-order valence-electron chi connectivity index (χ4n) is 3.26. The summed E-state index contributed by atoms with van der Waals surface area (Å²) in [5.74, 6) is -0.0956. The largest absolute Gasteiger partial charge is 0.366 e. The summed E-state index contributed by atoms with van der Waals surface area (Å²) < 4.78 is 0. The molecular weight excluding hydrogens is 316 g/mol. The van der Waals surface area contributed by atoms with Crippen LogP contribution >= 0.6 is 0 Å². The Balaban J connectivity index is 1.51. The lowest BCUT2D eigenvalue weighted by atomic mass is 10.1. The Morgan fingerprint density at radius 3 is 2.64 bits per heavy atom. The Kier molecular flexibility index (Phi) is 3.93. The first-order valence-electron chi connectivity index (χ1n) is 8.28. The first-order chi connectivity index (χ1) is 12.2. The molecule has 6 nitrogen and oxygen atoms in total. The average molecular weight is 334 g/mol. The van der Waals surface area contributed by atoms with Gasteiger partial charge in [0.05, 0.1) is 11.9 Å². The maximum absolute atomic E-state index is 12.5. The summed E-state index contributed by atoms with van der Waals surface area (Å²) in [5, 5.41) is 2.29. The monoisotopic (exact) mass is 334 g/mol. The summed E-state index contributed by atoms with van der Waals surface area (Å²) >= 11 is 0. The van der Waals surface area contributed by atoms with E-state index in [4.69, 9.17) is 0 Å². The molecule has 0 aliphatic carbocycles. The Bertz CT molecular complexity index is 969. The Hall–Kier alpha value is -3.15. The highest BCUT2D eigenvalue weighted by Crippen LogP contribution is 2.26. The van der Waals surface area contributed by atoms with Crippen molar-refractivity contribution in [3.63, 3.8) is 0 Å². The zero-order chi connectivity index (χ0) is 17.2. The molecule has 1 aliphatic rings. The molecule has 0 atom stereocenters. The van der Waals surface area contributed by atoms with E-state index in [2.05, 4.69) is 27.0 Å². The Morgan fingerprint density at radius 1 is 1.04 bits per heavy atom. The van der Waals surface area contributed by atoms with Crippen molar-refractivity contribution in [2.45, 2.75) is 0 Å². The van der Waals surface area contributed by atoms with Crippen molar-refractivity contribution in [1.29, 1.82) is 0 Å². The van der Waals surface area contributed by atoms with Crippen molar-refractivity contribution in [3.8, 4) is 0 Å². The zero-order valence-corrected chi connectivity index (χ0v) is 13.7. The Labute approximate surface area is 144 Å². The highest BCUT2D eigenvalue weighted by Gasteiger charge is 2.23. The number of nitrogens with one attached hydrogen (secondary N) is 1. The van der Waals surface area contributed by atoms with Crippen molar-refractivity contribution in [2.75, 3.05) is 31.1 Å². The van der Waals surface area contributed by atoms with E-state index in [9.17, 15) is 9.59 Å². The molecule has 25 heavy (non-hydrogen) atoms. The predicted molar refractivity (Wildman–Crippen MR) is 96.9 cm³/mol. The second-order valence-corrected chi connectivity index (χ2v) is 6.10. The number of carbonyl (C=O) groups excluding carboxylic acids is 1. The van der Waals surface area contributed by atoms with Gasteiger partial charge in [0, 0.05) is 61.0 Å². The van der Waals surface area contributed by atoms with Crippen LogP contribution in [0.25, 0.3) is 10.8 Å². The van der Waals surface area contributed by atoms with Gasteiger partial charge in [-0.2, -0.15) is 0 Å². The number of piperazine rings is 1. The molecule has 0 bridgehead atoms. The topological polar surface area (TPSA) is 69.3 Å². The van der Waals surface area contributed by atoms with E-state index in [-0.39, 0.29) is 11.5 Å². The van der Waals surface area contributed by atoms with Gasteiger partial charge in [0.1, 0.15) is 0 Å². The van der Waals surface area contributed by atoms with E-state index < -0.39 is 0 Å². The highest BCUT2D eigenvalue weighted by molar-refractivity contribution is 5.95. The first-order valence-corrected chi connectivity index (χ1v) is 8.28. The zero-order valence-electron chi connectivity index (χ0n) is 13.7. The van der Waals surface area contributed by atoms with Gasteiger partial charge < -0.3 is 14.8 Å². The summed E-state index contributed by atoms with van der Waals surface area (Å²) in [7, 11) is 0. The number of nitrogens with zero attached hydrogens (tertiary/aromatic N) is 3. The fraction of sp³-hybridized carbons (Fsp3) is 0.211. The van der Waals surface area contributed by atoms with Crippen LogP contribution in [0.5, 0.6) is 0 Å². The van der Waals surface area contributed by atoms with Gasteiger partial charge in [-0.25, -0.2) is 0 Å². The molecule has 126 valence electrons. The predicted octanol–water partition coefficient (Wildman–Crippen LogP) is 1.89. The smallest absolute Gasteiger partial charge is 0.254 e. The molecule has 3 heterocycles. The van der Waals surface area contributed by atoms with E-state index in [0.717, 1.165) is 24.2 Å². The third-order valence-corrected chi connectivity index (χ3v) is 4.58. The van der Waals surface area contributed by atoms with Gasteiger partial charge in [-0.15, -0.1) is 0 Å². The van der Waals surface area contributed by atoms with Gasteiger partial charge >= 0.3 is 0 Å². The summed E-state index contributed by atoms with van der Waals surface area (Å²) in [5.41, 5.74) is 1.27. The Morgan fingerprint density at radius 2 is 1.84 bits per heavy atom.